The summed E-state index contributed by atoms with van der Waals surface area (Å²) in [6.45, 7) is 1.58. The fourth-order valence-electron chi connectivity index (χ4n) is 1.34. The Morgan fingerprint density at radius 2 is 2.10 bits per heavy atom. The van der Waals surface area contributed by atoms with E-state index in [1.54, 1.807) is 6.92 Å². The highest BCUT2D eigenvalue weighted by molar-refractivity contribution is 9.09. The zero-order valence-corrected chi connectivity index (χ0v) is 11.8. The lowest BCUT2D eigenvalue weighted by atomic mass is 10.1. The van der Waals surface area contributed by atoms with Gasteiger partial charge in [0.2, 0.25) is 5.91 Å². The first-order chi connectivity index (χ1) is 9.16. The zero-order chi connectivity index (χ0) is 15.5. The quantitative estimate of drug-likeness (QED) is 0.510. The van der Waals surface area contributed by atoms with Crippen LogP contribution >= 0.6 is 15.9 Å². The molecule has 0 spiro atoms. The topological polar surface area (TPSA) is 72.2 Å². The van der Waals surface area contributed by atoms with Gasteiger partial charge in [0.1, 0.15) is 5.56 Å². The lowest BCUT2D eigenvalue weighted by molar-refractivity contribution is -0.388. The highest BCUT2D eigenvalue weighted by Crippen LogP contribution is 2.37. The molecule has 1 rings (SSSR count). The van der Waals surface area contributed by atoms with Crippen LogP contribution in [0.3, 0.4) is 0 Å². The van der Waals surface area contributed by atoms with Crippen molar-refractivity contribution >= 4 is 33.2 Å². The van der Waals surface area contributed by atoms with E-state index in [9.17, 15) is 28.1 Å². The highest BCUT2D eigenvalue weighted by Gasteiger charge is 2.38. The molecule has 0 saturated carbocycles. The molecule has 20 heavy (non-hydrogen) atoms. The maximum Gasteiger partial charge on any atom is 0.423 e. The number of nitro benzene ring substituents is 1. The Morgan fingerprint density at radius 1 is 1.50 bits per heavy atom. The summed E-state index contributed by atoms with van der Waals surface area (Å²) >= 11 is 3.08. The first kappa shape index (κ1) is 16.4. The molecule has 5 nitrogen and oxygen atoms in total. The lowest BCUT2D eigenvalue weighted by Gasteiger charge is -2.12. The van der Waals surface area contributed by atoms with E-state index in [1.165, 1.54) is 0 Å². The van der Waals surface area contributed by atoms with Crippen molar-refractivity contribution in [1.82, 2.24) is 0 Å². The number of nitrogens with one attached hydrogen (secondary N) is 1. The van der Waals surface area contributed by atoms with Crippen LogP contribution in [0, 0.1) is 16.0 Å². The molecule has 1 aromatic carbocycles. The van der Waals surface area contributed by atoms with Gasteiger partial charge in [-0.15, -0.1) is 0 Å². The van der Waals surface area contributed by atoms with Gasteiger partial charge in [-0.2, -0.15) is 13.2 Å². The van der Waals surface area contributed by atoms with Gasteiger partial charge in [-0.1, -0.05) is 22.9 Å². The van der Waals surface area contributed by atoms with Gasteiger partial charge in [0, 0.05) is 23.0 Å². The molecule has 0 bridgehead atoms. The second-order valence-corrected chi connectivity index (χ2v) is 4.68. The number of carbonyl (C=O) groups excluding carboxylic acids is 1. The largest absolute Gasteiger partial charge is 0.423 e. The SMILES string of the molecule is C[C@H](CBr)C(=O)Nc1ccc([N+](=O)[O-])c(C(F)(F)F)c1. The van der Waals surface area contributed by atoms with Crippen molar-refractivity contribution < 1.29 is 22.9 Å². The smallest absolute Gasteiger partial charge is 0.326 e. The number of alkyl halides is 4. The van der Waals surface area contributed by atoms with Crippen molar-refractivity contribution in [2.24, 2.45) is 5.92 Å². The van der Waals surface area contributed by atoms with Crippen LogP contribution in [-0.4, -0.2) is 16.2 Å². The van der Waals surface area contributed by atoms with Gasteiger partial charge in [-0.25, -0.2) is 0 Å². The molecular formula is C11H10BrF3N2O3. The molecule has 9 heteroatoms. The van der Waals surface area contributed by atoms with E-state index < -0.39 is 34.2 Å². The molecule has 0 aliphatic rings. The number of amides is 1. The minimum atomic E-state index is -4.87. The maximum absolute atomic E-state index is 12.7. The summed E-state index contributed by atoms with van der Waals surface area (Å²) in [4.78, 5) is 21.0. The Hall–Kier alpha value is -1.64. The number of halogens is 4. The van der Waals surface area contributed by atoms with E-state index in [0.29, 0.717) is 11.4 Å². The van der Waals surface area contributed by atoms with Gasteiger partial charge in [-0.3, -0.25) is 14.9 Å². The molecular weight excluding hydrogens is 345 g/mol. The van der Waals surface area contributed by atoms with Crippen LogP contribution in [0.25, 0.3) is 0 Å². The van der Waals surface area contributed by atoms with E-state index in [0.717, 1.165) is 12.1 Å². The Kier molecular flexibility index (Phi) is 5.09. The summed E-state index contributed by atoms with van der Waals surface area (Å²) in [5.74, 6) is -0.927. The Bertz CT molecular complexity index is 534. The normalized spacial score (nSPS) is 12.8. The molecule has 0 aromatic heterocycles. The second-order valence-electron chi connectivity index (χ2n) is 4.03. The number of nitro groups is 1. The van der Waals surface area contributed by atoms with Crippen molar-refractivity contribution in [2.75, 3.05) is 10.6 Å². The van der Waals surface area contributed by atoms with Crippen LogP contribution in [-0.2, 0) is 11.0 Å². The van der Waals surface area contributed by atoms with Crippen molar-refractivity contribution in [3.8, 4) is 0 Å². The fourth-order valence-corrected chi connectivity index (χ4v) is 1.63. The van der Waals surface area contributed by atoms with Crippen molar-refractivity contribution in [3.05, 3.63) is 33.9 Å². The molecule has 110 valence electrons. The van der Waals surface area contributed by atoms with Crippen LogP contribution in [0.5, 0.6) is 0 Å². The molecule has 0 unspecified atom stereocenters. The predicted octanol–water partition coefficient (Wildman–Crippen LogP) is 3.58. The summed E-state index contributed by atoms with van der Waals surface area (Å²) in [5.41, 5.74) is -2.59. The average Bonchev–Trinajstić information content (AvgIpc) is 2.36. The Labute approximate surface area is 120 Å². The summed E-state index contributed by atoms with van der Waals surface area (Å²) in [7, 11) is 0. The predicted molar refractivity (Wildman–Crippen MR) is 69.7 cm³/mol. The van der Waals surface area contributed by atoms with Crippen molar-refractivity contribution in [3.63, 3.8) is 0 Å². The number of hydrogen-bond donors (Lipinski definition) is 1. The fraction of sp³-hybridized carbons (Fsp3) is 0.364. The van der Waals surface area contributed by atoms with Crippen molar-refractivity contribution in [1.29, 1.82) is 0 Å². The number of nitrogens with zero attached hydrogens (tertiary/aromatic N) is 1. The molecule has 0 aliphatic heterocycles. The van der Waals surface area contributed by atoms with E-state index in [-0.39, 0.29) is 5.69 Å². The molecule has 1 amide bonds. The monoisotopic (exact) mass is 354 g/mol. The number of carbonyl (C=O) groups is 1. The lowest BCUT2D eigenvalue weighted by Crippen LogP contribution is -2.21. The molecule has 0 fully saturated rings. The number of anilines is 1. The standard InChI is InChI=1S/C11H10BrF3N2O3/c1-6(5-12)10(18)16-7-2-3-9(17(19)20)8(4-7)11(13,14)15/h2-4,6H,5H2,1H3,(H,16,18)/t6-/m1/s1. The van der Waals surface area contributed by atoms with Gasteiger partial charge < -0.3 is 5.32 Å². The van der Waals surface area contributed by atoms with E-state index in [2.05, 4.69) is 21.2 Å². The molecule has 0 heterocycles. The second kappa shape index (κ2) is 6.21. The van der Waals surface area contributed by atoms with Gasteiger partial charge in [-0.05, 0) is 12.1 Å². The molecule has 1 atom stereocenters. The third-order valence-electron chi connectivity index (χ3n) is 2.45. The third kappa shape index (κ3) is 3.92. The third-order valence-corrected chi connectivity index (χ3v) is 3.42. The van der Waals surface area contributed by atoms with E-state index in [4.69, 9.17) is 0 Å². The zero-order valence-electron chi connectivity index (χ0n) is 10.2. The number of benzene rings is 1. The summed E-state index contributed by atoms with van der Waals surface area (Å²) < 4.78 is 38.2. The first-order valence-electron chi connectivity index (χ1n) is 5.39. The van der Waals surface area contributed by atoms with E-state index >= 15 is 0 Å². The summed E-state index contributed by atoms with van der Waals surface area (Å²) in [6, 6.07) is 2.33. The average molecular weight is 355 g/mol. The molecule has 0 radical (unpaired) electrons. The minimum Gasteiger partial charge on any atom is -0.326 e. The van der Waals surface area contributed by atoms with Gasteiger partial charge in [0.05, 0.1) is 4.92 Å². The number of rotatable bonds is 4. The van der Waals surface area contributed by atoms with Gasteiger partial charge >= 0.3 is 6.18 Å². The molecule has 1 aromatic rings. The first-order valence-corrected chi connectivity index (χ1v) is 6.51. The Balaban J connectivity index is 3.14. The molecule has 0 saturated heterocycles. The van der Waals surface area contributed by atoms with Crippen LogP contribution in [0.2, 0.25) is 0 Å². The van der Waals surface area contributed by atoms with E-state index in [1.807, 2.05) is 0 Å². The van der Waals surface area contributed by atoms with Crippen molar-refractivity contribution in [2.45, 2.75) is 13.1 Å². The van der Waals surface area contributed by atoms with Crippen LogP contribution in [0.1, 0.15) is 12.5 Å². The van der Waals surface area contributed by atoms with Gasteiger partial charge in [0.25, 0.3) is 5.69 Å². The maximum atomic E-state index is 12.7. The summed E-state index contributed by atoms with van der Waals surface area (Å²) in [5, 5.41) is 13.2. The van der Waals surface area contributed by atoms with Crippen LogP contribution in [0.4, 0.5) is 24.5 Å². The number of hydrogen-bond acceptors (Lipinski definition) is 3. The summed E-state index contributed by atoms with van der Waals surface area (Å²) in [6.07, 6.45) is -4.87. The Morgan fingerprint density at radius 3 is 2.55 bits per heavy atom. The minimum absolute atomic E-state index is 0.138. The van der Waals surface area contributed by atoms with Crippen LogP contribution in [0.15, 0.2) is 18.2 Å². The van der Waals surface area contributed by atoms with Gasteiger partial charge in [0.15, 0.2) is 0 Å². The molecule has 0 aliphatic carbocycles. The highest BCUT2D eigenvalue weighted by atomic mass is 79.9. The van der Waals surface area contributed by atoms with Crippen LogP contribution < -0.4 is 5.32 Å². The molecule has 1 N–H and O–H groups in total.